The zero-order chi connectivity index (χ0) is 27.1. The number of ether oxygens (including phenoxy) is 2. The second-order valence-corrected chi connectivity index (χ2v) is 10.1. The molecule has 0 atom stereocenters. The van der Waals surface area contributed by atoms with Gasteiger partial charge in [0.1, 0.15) is 5.75 Å². The number of hydrogen-bond donors (Lipinski definition) is 1. The molecular formula is C27H33N5O5S. The first-order chi connectivity index (χ1) is 18.4. The van der Waals surface area contributed by atoms with E-state index < -0.39 is 11.7 Å². The summed E-state index contributed by atoms with van der Waals surface area (Å²) in [6.07, 6.45) is 6.77. The Balaban J connectivity index is 1.51. The second-order valence-electron chi connectivity index (χ2n) is 9.25. The van der Waals surface area contributed by atoms with Gasteiger partial charge in [0.25, 0.3) is 5.19 Å². The number of rotatable bonds is 11. The molecule has 1 saturated carbocycles. The van der Waals surface area contributed by atoms with Gasteiger partial charge in [-0.3, -0.25) is 4.57 Å². The molecule has 1 aromatic carbocycles. The highest BCUT2D eigenvalue weighted by Gasteiger charge is 2.23. The van der Waals surface area contributed by atoms with Crippen molar-refractivity contribution in [3.8, 4) is 10.9 Å². The molecule has 202 valence electrons. The van der Waals surface area contributed by atoms with E-state index in [1.807, 2.05) is 13.0 Å². The Kier molecular flexibility index (Phi) is 9.11. The maximum Gasteiger partial charge on any atom is 0.357 e. The lowest BCUT2D eigenvalue weighted by Gasteiger charge is -2.27. The van der Waals surface area contributed by atoms with Gasteiger partial charge >= 0.3 is 17.3 Å². The molecule has 0 saturated heterocycles. The summed E-state index contributed by atoms with van der Waals surface area (Å²) >= 11 is 1.19. The van der Waals surface area contributed by atoms with Crippen molar-refractivity contribution in [1.29, 1.82) is 0 Å². The fraction of sp³-hybridized carbons (Fsp3) is 0.444. The van der Waals surface area contributed by atoms with Crippen molar-refractivity contribution >= 4 is 28.9 Å². The van der Waals surface area contributed by atoms with E-state index in [0.717, 1.165) is 25.7 Å². The van der Waals surface area contributed by atoms with Gasteiger partial charge in [-0.2, -0.15) is 9.97 Å². The van der Waals surface area contributed by atoms with Gasteiger partial charge in [0.15, 0.2) is 5.69 Å². The van der Waals surface area contributed by atoms with Crippen LogP contribution in [-0.2, 0) is 17.8 Å². The van der Waals surface area contributed by atoms with E-state index in [1.54, 1.807) is 41.1 Å². The average molecular weight is 540 g/mol. The molecular weight excluding hydrogens is 506 g/mol. The number of benzene rings is 1. The van der Waals surface area contributed by atoms with Crippen molar-refractivity contribution in [2.45, 2.75) is 59.0 Å². The van der Waals surface area contributed by atoms with Crippen molar-refractivity contribution in [3.63, 3.8) is 0 Å². The third-order valence-electron chi connectivity index (χ3n) is 6.55. The summed E-state index contributed by atoms with van der Waals surface area (Å²) < 4.78 is 13.5. The number of aromatic nitrogens is 4. The van der Waals surface area contributed by atoms with E-state index in [9.17, 15) is 14.4 Å². The van der Waals surface area contributed by atoms with Crippen LogP contribution in [0, 0.1) is 11.8 Å². The SMILES string of the molecule is C=CC1CCC(Cn2c(Nc3ccc(Oc4nc(C(=O)OCC)cs4)cc3)nc(=O)n(CCC)c2=O)CC1. The van der Waals surface area contributed by atoms with Gasteiger partial charge in [0, 0.05) is 24.2 Å². The first-order valence-corrected chi connectivity index (χ1v) is 13.8. The van der Waals surface area contributed by atoms with Crippen LogP contribution in [0.5, 0.6) is 10.9 Å². The summed E-state index contributed by atoms with van der Waals surface area (Å²) in [6.45, 7) is 8.66. The normalized spacial score (nSPS) is 17.1. The lowest BCUT2D eigenvalue weighted by Crippen LogP contribution is -2.43. The Morgan fingerprint density at radius 2 is 1.87 bits per heavy atom. The minimum Gasteiger partial charge on any atom is -0.461 e. The number of thiazole rings is 1. The molecule has 11 heteroatoms. The molecule has 1 aliphatic carbocycles. The van der Waals surface area contributed by atoms with Gasteiger partial charge in [-0.1, -0.05) is 24.3 Å². The summed E-state index contributed by atoms with van der Waals surface area (Å²) in [6, 6.07) is 6.98. The molecule has 2 aromatic heterocycles. The highest BCUT2D eigenvalue weighted by atomic mass is 32.1. The fourth-order valence-corrected chi connectivity index (χ4v) is 5.16. The Morgan fingerprint density at radius 3 is 2.53 bits per heavy atom. The van der Waals surface area contributed by atoms with Crippen molar-refractivity contribution < 1.29 is 14.3 Å². The Labute approximate surface area is 225 Å². The minimum atomic E-state index is -0.563. The Hall–Kier alpha value is -3.73. The number of nitrogens with one attached hydrogen (secondary N) is 1. The molecule has 0 amide bonds. The van der Waals surface area contributed by atoms with E-state index in [1.165, 1.54) is 15.9 Å². The average Bonchev–Trinajstić information content (AvgIpc) is 3.39. The van der Waals surface area contributed by atoms with Crippen molar-refractivity contribution in [2.75, 3.05) is 11.9 Å². The molecule has 0 spiro atoms. The summed E-state index contributed by atoms with van der Waals surface area (Å²) in [7, 11) is 0. The summed E-state index contributed by atoms with van der Waals surface area (Å²) in [5.74, 6) is 1.10. The standard InChI is InChI=1S/C27H33N5O5S/c1-4-15-31-25(34)30-24(32(27(31)35)16-19-9-7-18(5-2)8-10-19)28-20-11-13-21(14-12-20)37-26-29-22(17-38-26)23(33)36-6-3/h5,11-14,17-19H,2,4,6-10,15-16H2,1,3H3,(H,28,30,34). The topological polar surface area (TPSA) is 117 Å². The number of esters is 1. The van der Waals surface area contributed by atoms with Gasteiger partial charge in [-0.15, -0.1) is 6.58 Å². The predicted molar refractivity (Wildman–Crippen MR) is 147 cm³/mol. The molecule has 10 nitrogen and oxygen atoms in total. The molecule has 0 radical (unpaired) electrons. The van der Waals surface area contributed by atoms with Crippen molar-refractivity contribution in [3.05, 3.63) is 69.0 Å². The lowest BCUT2D eigenvalue weighted by molar-refractivity contribution is 0.0520. The molecule has 0 bridgehead atoms. The smallest absolute Gasteiger partial charge is 0.357 e. The van der Waals surface area contributed by atoms with Gasteiger partial charge in [-0.05, 0) is 75.1 Å². The number of carbonyl (C=O) groups excluding carboxylic acids is 1. The lowest BCUT2D eigenvalue weighted by atomic mass is 9.82. The quantitative estimate of drug-likeness (QED) is 0.268. The molecule has 0 aliphatic heterocycles. The van der Waals surface area contributed by atoms with Gasteiger partial charge in [0.05, 0.1) is 6.61 Å². The van der Waals surface area contributed by atoms with Crippen LogP contribution in [0.1, 0.15) is 56.4 Å². The Morgan fingerprint density at radius 1 is 1.13 bits per heavy atom. The maximum absolute atomic E-state index is 13.3. The minimum absolute atomic E-state index is 0.199. The number of hydrogen-bond acceptors (Lipinski definition) is 9. The number of nitrogens with zero attached hydrogens (tertiary/aromatic N) is 4. The number of anilines is 2. The predicted octanol–water partition coefficient (Wildman–Crippen LogP) is 4.98. The molecule has 38 heavy (non-hydrogen) atoms. The van der Waals surface area contributed by atoms with Crippen LogP contribution < -0.4 is 21.4 Å². The van der Waals surface area contributed by atoms with Crippen LogP contribution in [0.3, 0.4) is 0 Å². The molecule has 4 rings (SSSR count). The largest absolute Gasteiger partial charge is 0.461 e. The highest BCUT2D eigenvalue weighted by molar-refractivity contribution is 7.11. The van der Waals surface area contributed by atoms with E-state index in [2.05, 4.69) is 21.9 Å². The summed E-state index contributed by atoms with van der Waals surface area (Å²) in [5.41, 5.74) is -0.0641. The van der Waals surface area contributed by atoms with E-state index in [-0.39, 0.29) is 23.9 Å². The molecule has 1 aliphatic rings. The zero-order valence-electron chi connectivity index (χ0n) is 21.7. The van der Waals surface area contributed by atoms with Crippen molar-refractivity contribution in [2.24, 2.45) is 11.8 Å². The fourth-order valence-electron chi connectivity index (χ4n) is 4.51. The number of carbonyl (C=O) groups is 1. The van der Waals surface area contributed by atoms with Crippen LogP contribution in [0.25, 0.3) is 0 Å². The molecule has 3 aromatic rings. The van der Waals surface area contributed by atoms with E-state index in [0.29, 0.717) is 48.0 Å². The van der Waals surface area contributed by atoms with Crippen LogP contribution >= 0.6 is 11.3 Å². The zero-order valence-corrected chi connectivity index (χ0v) is 22.5. The van der Waals surface area contributed by atoms with Crippen LogP contribution in [-0.4, -0.2) is 31.7 Å². The van der Waals surface area contributed by atoms with E-state index >= 15 is 0 Å². The summed E-state index contributed by atoms with van der Waals surface area (Å²) in [4.78, 5) is 46.1. The third kappa shape index (κ3) is 6.58. The number of allylic oxidation sites excluding steroid dienone is 1. The Bertz CT molecular complexity index is 1370. The van der Waals surface area contributed by atoms with Crippen LogP contribution in [0.2, 0.25) is 0 Å². The molecule has 1 N–H and O–H groups in total. The van der Waals surface area contributed by atoms with Crippen LogP contribution in [0.4, 0.5) is 11.6 Å². The first kappa shape index (κ1) is 27.3. The monoisotopic (exact) mass is 539 g/mol. The van der Waals surface area contributed by atoms with Gasteiger partial charge < -0.3 is 14.8 Å². The summed E-state index contributed by atoms with van der Waals surface area (Å²) in [5, 5.41) is 5.05. The highest BCUT2D eigenvalue weighted by Crippen LogP contribution is 2.31. The van der Waals surface area contributed by atoms with Crippen molar-refractivity contribution in [1.82, 2.24) is 19.1 Å². The second kappa shape index (κ2) is 12.7. The molecule has 2 heterocycles. The maximum atomic E-state index is 13.3. The molecule has 0 unspecified atom stereocenters. The third-order valence-corrected chi connectivity index (χ3v) is 7.26. The first-order valence-electron chi connectivity index (χ1n) is 12.9. The van der Waals surface area contributed by atoms with Gasteiger partial charge in [-0.25, -0.2) is 19.0 Å². The van der Waals surface area contributed by atoms with Gasteiger partial charge in [0.2, 0.25) is 5.95 Å². The molecule has 1 fully saturated rings. The van der Waals surface area contributed by atoms with E-state index in [4.69, 9.17) is 9.47 Å². The van der Waals surface area contributed by atoms with Crippen LogP contribution in [0.15, 0.2) is 51.9 Å².